The Bertz CT molecular complexity index is 938. The maximum absolute atomic E-state index is 14.4. The molecule has 27 heavy (non-hydrogen) atoms. The molecule has 3 rings (SSSR count). The van der Waals surface area contributed by atoms with E-state index in [-0.39, 0.29) is 23.2 Å². The first kappa shape index (κ1) is 18.3. The lowest BCUT2D eigenvalue weighted by Crippen LogP contribution is -2.35. The van der Waals surface area contributed by atoms with E-state index in [1.54, 1.807) is 30.3 Å². The second kappa shape index (κ2) is 7.41. The number of aliphatic hydroxyl groups excluding tert-OH is 1. The van der Waals surface area contributed by atoms with Gasteiger partial charge in [0, 0.05) is 30.1 Å². The second-order valence-corrected chi connectivity index (χ2v) is 6.00. The fourth-order valence-corrected chi connectivity index (χ4v) is 3.09. The zero-order valence-corrected chi connectivity index (χ0v) is 14.1. The van der Waals surface area contributed by atoms with E-state index in [9.17, 15) is 29.0 Å². The molecule has 0 unspecified atom stereocenters. The lowest BCUT2D eigenvalue weighted by atomic mass is 9.95. The van der Waals surface area contributed by atoms with Crippen LogP contribution in [0.15, 0.2) is 60.2 Å². The summed E-state index contributed by atoms with van der Waals surface area (Å²) in [6, 6.07) is 12.4. The standard InChI is InChI=1S/C20H16FNO5/c21-14-9-5-4-8-13(14)17-16(18(25)12-6-2-1-3-7-12)19(26)20(27)22(17)11-10-15(23)24/h1-9,17,25H,10-11H2,(H,23,24)/p-1/t17-/m0/s1. The number of aliphatic hydroxyl groups is 1. The number of ketones is 1. The molecule has 0 spiro atoms. The van der Waals surface area contributed by atoms with Gasteiger partial charge >= 0.3 is 0 Å². The summed E-state index contributed by atoms with van der Waals surface area (Å²) < 4.78 is 14.4. The minimum absolute atomic E-state index is 0.00692. The first-order valence-corrected chi connectivity index (χ1v) is 8.20. The Balaban J connectivity index is 2.18. The summed E-state index contributed by atoms with van der Waals surface area (Å²) in [6.07, 6.45) is -0.524. The van der Waals surface area contributed by atoms with Crippen molar-refractivity contribution in [3.05, 3.63) is 77.1 Å². The Morgan fingerprint density at radius 2 is 1.70 bits per heavy atom. The van der Waals surface area contributed by atoms with Crippen LogP contribution in [0.4, 0.5) is 4.39 Å². The molecule has 1 amide bonds. The zero-order chi connectivity index (χ0) is 19.6. The number of likely N-dealkylation sites (tertiary alicyclic amines) is 1. The van der Waals surface area contributed by atoms with Crippen molar-refractivity contribution >= 4 is 23.4 Å². The first-order chi connectivity index (χ1) is 12.9. The quantitative estimate of drug-likeness (QED) is 0.489. The minimum Gasteiger partial charge on any atom is -0.550 e. The molecule has 1 aliphatic rings. The molecular weight excluding hydrogens is 353 g/mol. The predicted molar refractivity (Wildman–Crippen MR) is 91.5 cm³/mol. The maximum Gasteiger partial charge on any atom is 0.295 e. The number of hydrogen-bond acceptors (Lipinski definition) is 5. The smallest absolute Gasteiger partial charge is 0.295 e. The van der Waals surface area contributed by atoms with Crippen LogP contribution in [0.2, 0.25) is 0 Å². The molecule has 1 fully saturated rings. The van der Waals surface area contributed by atoms with E-state index in [0.29, 0.717) is 0 Å². The highest BCUT2D eigenvalue weighted by atomic mass is 19.1. The van der Waals surface area contributed by atoms with Crippen LogP contribution in [-0.2, 0) is 14.4 Å². The number of carboxylic acid groups (broad SMARTS) is 1. The summed E-state index contributed by atoms with van der Waals surface area (Å²) in [7, 11) is 0. The molecule has 1 N–H and O–H groups in total. The van der Waals surface area contributed by atoms with Crippen LogP contribution in [0.5, 0.6) is 0 Å². The van der Waals surface area contributed by atoms with Crippen LogP contribution >= 0.6 is 0 Å². The van der Waals surface area contributed by atoms with Crippen molar-refractivity contribution in [1.82, 2.24) is 4.90 Å². The average molecular weight is 368 g/mol. The Morgan fingerprint density at radius 1 is 1.07 bits per heavy atom. The normalized spacial score (nSPS) is 18.7. The number of amides is 1. The molecule has 1 aliphatic heterocycles. The summed E-state index contributed by atoms with van der Waals surface area (Å²) in [5.74, 6) is -4.53. The number of carbonyl (C=O) groups is 3. The van der Waals surface area contributed by atoms with E-state index in [1.165, 1.54) is 18.2 Å². The van der Waals surface area contributed by atoms with E-state index in [4.69, 9.17) is 0 Å². The van der Waals surface area contributed by atoms with E-state index >= 15 is 0 Å². The molecule has 7 heteroatoms. The Hall–Kier alpha value is -3.48. The summed E-state index contributed by atoms with van der Waals surface area (Å²) in [5.41, 5.74) is -0.00100. The Kier molecular flexibility index (Phi) is 5.03. The van der Waals surface area contributed by atoms with Gasteiger partial charge in [0.05, 0.1) is 11.6 Å². The summed E-state index contributed by atoms with van der Waals surface area (Å²) in [6.45, 7) is -0.350. The fraction of sp³-hybridized carbons (Fsp3) is 0.150. The molecule has 0 radical (unpaired) electrons. The molecular formula is C20H15FNO5-. The number of carboxylic acids is 1. The molecule has 1 heterocycles. The fourth-order valence-electron chi connectivity index (χ4n) is 3.09. The Morgan fingerprint density at radius 3 is 2.33 bits per heavy atom. The zero-order valence-electron chi connectivity index (χ0n) is 14.1. The maximum atomic E-state index is 14.4. The molecule has 0 aliphatic carbocycles. The van der Waals surface area contributed by atoms with Gasteiger partial charge in [-0.1, -0.05) is 48.5 Å². The SMILES string of the molecule is O=C([O-])CCN1C(=O)C(=O)C(=C(O)c2ccccc2)[C@@H]1c1ccccc1F. The molecule has 1 atom stereocenters. The molecule has 138 valence electrons. The van der Waals surface area contributed by atoms with Gasteiger partial charge in [0.2, 0.25) is 0 Å². The van der Waals surface area contributed by atoms with Gasteiger partial charge in [-0.25, -0.2) is 4.39 Å². The number of carbonyl (C=O) groups excluding carboxylic acids is 3. The van der Waals surface area contributed by atoms with Crippen molar-refractivity contribution in [2.45, 2.75) is 12.5 Å². The van der Waals surface area contributed by atoms with E-state index < -0.39 is 41.7 Å². The van der Waals surface area contributed by atoms with Crippen molar-refractivity contribution in [3.63, 3.8) is 0 Å². The molecule has 1 saturated heterocycles. The highest BCUT2D eigenvalue weighted by molar-refractivity contribution is 6.46. The number of nitrogens with zero attached hydrogens (tertiary/aromatic N) is 1. The van der Waals surface area contributed by atoms with Crippen molar-refractivity contribution in [1.29, 1.82) is 0 Å². The predicted octanol–water partition coefficient (Wildman–Crippen LogP) is 1.39. The number of benzene rings is 2. The van der Waals surface area contributed by atoms with Gasteiger partial charge in [0.25, 0.3) is 11.7 Å². The third kappa shape index (κ3) is 3.44. The molecule has 0 bridgehead atoms. The summed E-state index contributed by atoms with van der Waals surface area (Å²) in [5, 5.41) is 21.5. The van der Waals surface area contributed by atoms with Gasteiger partial charge in [-0.15, -0.1) is 0 Å². The van der Waals surface area contributed by atoms with Gasteiger partial charge in [-0.3, -0.25) is 9.59 Å². The first-order valence-electron chi connectivity index (χ1n) is 8.20. The van der Waals surface area contributed by atoms with Crippen LogP contribution < -0.4 is 5.11 Å². The molecule has 0 saturated carbocycles. The van der Waals surface area contributed by atoms with E-state index in [2.05, 4.69) is 0 Å². The van der Waals surface area contributed by atoms with Crippen molar-refractivity contribution in [2.24, 2.45) is 0 Å². The number of halogens is 1. The highest BCUT2D eigenvalue weighted by Crippen LogP contribution is 2.40. The largest absolute Gasteiger partial charge is 0.550 e. The van der Waals surface area contributed by atoms with E-state index in [0.717, 1.165) is 11.0 Å². The number of Topliss-reactive ketones (excluding diaryl/α,β-unsaturated/α-hetero) is 1. The number of hydrogen-bond donors (Lipinski definition) is 1. The summed E-state index contributed by atoms with van der Waals surface area (Å²) >= 11 is 0. The van der Waals surface area contributed by atoms with Crippen molar-refractivity contribution < 1.29 is 29.0 Å². The Labute approximate surface area is 154 Å². The summed E-state index contributed by atoms with van der Waals surface area (Å²) in [4.78, 5) is 36.8. The lowest BCUT2D eigenvalue weighted by Gasteiger charge is -2.25. The number of aliphatic carboxylic acids is 1. The van der Waals surface area contributed by atoms with Gasteiger partial charge in [-0.05, 0) is 6.07 Å². The molecule has 2 aromatic rings. The number of rotatable bonds is 5. The van der Waals surface area contributed by atoms with Crippen LogP contribution in [-0.4, -0.2) is 34.2 Å². The van der Waals surface area contributed by atoms with Crippen LogP contribution in [0, 0.1) is 5.82 Å². The van der Waals surface area contributed by atoms with Crippen LogP contribution in [0.3, 0.4) is 0 Å². The minimum atomic E-state index is -1.41. The second-order valence-electron chi connectivity index (χ2n) is 6.00. The van der Waals surface area contributed by atoms with E-state index in [1.807, 2.05) is 0 Å². The van der Waals surface area contributed by atoms with Crippen molar-refractivity contribution in [2.75, 3.05) is 6.54 Å². The van der Waals surface area contributed by atoms with Gasteiger partial charge < -0.3 is 19.9 Å². The van der Waals surface area contributed by atoms with Crippen molar-refractivity contribution in [3.8, 4) is 0 Å². The highest BCUT2D eigenvalue weighted by Gasteiger charge is 2.46. The third-order valence-electron chi connectivity index (χ3n) is 4.34. The van der Waals surface area contributed by atoms with Crippen LogP contribution in [0.25, 0.3) is 5.76 Å². The van der Waals surface area contributed by atoms with Crippen LogP contribution in [0.1, 0.15) is 23.6 Å². The average Bonchev–Trinajstić information content (AvgIpc) is 2.91. The van der Waals surface area contributed by atoms with Gasteiger partial charge in [0.1, 0.15) is 11.6 Å². The molecule has 6 nitrogen and oxygen atoms in total. The molecule has 2 aromatic carbocycles. The monoisotopic (exact) mass is 368 g/mol. The van der Waals surface area contributed by atoms with Gasteiger partial charge in [-0.2, -0.15) is 0 Å². The molecule has 0 aromatic heterocycles. The third-order valence-corrected chi connectivity index (χ3v) is 4.34. The topological polar surface area (TPSA) is 97.7 Å². The lowest BCUT2D eigenvalue weighted by molar-refractivity contribution is -0.305. The van der Waals surface area contributed by atoms with Gasteiger partial charge in [0.15, 0.2) is 0 Å².